The van der Waals surface area contributed by atoms with Gasteiger partial charge in [0.15, 0.2) is 0 Å². The van der Waals surface area contributed by atoms with Crippen molar-refractivity contribution in [2.45, 2.75) is 12.7 Å². The van der Waals surface area contributed by atoms with Gasteiger partial charge in [-0.25, -0.2) is 8.42 Å². The molecule has 0 aliphatic heterocycles. The number of benzene rings is 3. The van der Waals surface area contributed by atoms with Gasteiger partial charge in [-0.05, 0) is 54.1 Å². The van der Waals surface area contributed by atoms with E-state index in [9.17, 15) is 26.4 Å². The van der Waals surface area contributed by atoms with E-state index >= 15 is 0 Å². The van der Waals surface area contributed by atoms with Crippen LogP contribution in [0, 0.1) is 0 Å². The smallest absolute Gasteiger partial charge is 0.321 e. The van der Waals surface area contributed by atoms with E-state index in [1.807, 2.05) is 0 Å². The summed E-state index contributed by atoms with van der Waals surface area (Å²) in [5.74, 6) is -0.669. The van der Waals surface area contributed by atoms with E-state index in [1.165, 1.54) is 18.2 Å². The van der Waals surface area contributed by atoms with Crippen molar-refractivity contribution in [1.82, 2.24) is 0 Å². The van der Waals surface area contributed by atoms with Crippen molar-refractivity contribution in [3.63, 3.8) is 0 Å². The molecular formula is C22H17Cl2F3N2O3S. The minimum absolute atomic E-state index is 0.0134. The van der Waals surface area contributed by atoms with Crippen molar-refractivity contribution in [2.75, 3.05) is 15.9 Å². The zero-order valence-electron chi connectivity index (χ0n) is 17.0. The number of anilines is 2. The maximum Gasteiger partial charge on any atom is 0.416 e. The monoisotopic (exact) mass is 516 g/mol. The van der Waals surface area contributed by atoms with Crippen LogP contribution in [0.1, 0.15) is 21.5 Å². The summed E-state index contributed by atoms with van der Waals surface area (Å²) in [6.45, 7) is -0.0134. The first-order valence-corrected chi connectivity index (χ1v) is 12.0. The summed E-state index contributed by atoms with van der Waals surface area (Å²) in [6.07, 6.45) is -3.52. The number of halogens is 5. The van der Waals surface area contributed by atoms with Crippen molar-refractivity contribution in [3.05, 3.63) is 93.5 Å². The number of nitrogens with zero attached hydrogens (tertiary/aromatic N) is 1. The fraction of sp³-hybridized carbons (Fsp3) is 0.136. The minimum atomic E-state index is -4.58. The van der Waals surface area contributed by atoms with E-state index in [0.717, 1.165) is 28.8 Å². The Morgan fingerprint density at radius 3 is 2.24 bits per heavy atom. The summed E-state index contributed by atoms with van der Waals surface area (Å²) >= 11 is 11.9. The Morgan fingerprint density at radius 2 is 1.67 bits per heavy atom. The molecule has 1 amide bonds. The van der Waals surface area contributed by atoms with E-state index in [2.05, 4.69) is 5.32 Å². The largest absolute Gasteiger partial charge is 0.416 e. The number of carbonyl (C=O) groups is 1. The van der Waals surface area contributed by atoms with E-state index < -0.39 is 27.7 Å². The second-order valence-electron chi connectivity index (χ2n) is 7.09. The van der Waals surface area contributed by atoms with Crippen LogP contribution in [0.2, 0.25) is 10.0 Å². The Hall–Kier alpha value is -2.75. The fourth-order valence-electron chi connectivity index (χ4n) is 2.95. The van der Waals surface area contributed by atoms with Gasteiger partial charge in [0.2, 0.25) is 10.0 Å². The third-order valence-electron chi connectivity index (χ3n) is 4.58. The Morgan fingerprint density at radius 1 is 1.00 bits per heavy atom. The first-order chi connectivity index (χ1) is 15.3. The third kappa shape index (κ3) is 6.40. The molecule has 3 aromatic carbocycles. The van der Waals surface area contributed by atoms with Gasteiger partial charge in [0.25, 0.3) is 5.91 Å². The van der Waals surface area contributed by atoms with Crippen LogP contribution >= 0.6 is 23.2 Å². The molecule has 0 fully saturated rings. The lowest BCUT2D eigenvalue weighted by atomic mass is 10.1. The predicted octanol–water partition coefficient (Wildman–Crippen LogP) is 6.23. The highest BCUT2D eigenvalue weighted by atomic mass is 35.5. The Bertz CT molecular complexity index is 1280. The maximum atomic E-state index is 12.9. The van der Waals surface area contributed by atoms with Gasteiger partial charge < -0.3 is 5.32 Å². The molecule has 0 saturated carbocycles. The van der Waals surface area contributed by atoms with Crippen LogP contribution in [-0.4, -0.2) is 20.6 Å². The van der Waals surface area contributed by atoms with Gasteiger partial charge >= 0.3 is 6.18 Å². The van der Waals surface area contributed by atoms with Crippen LogP contribution in [0.5, 0.6) is 0 Å². The standard InChI is InChI=1S/C22H17Cl2F3N2O3S/c1-33(31,32)29(18-4-2-3-17(23)12-18)13-14-5-7-15(8-6-14)21(30)28-20-11-16(22(25,26)27)9-10-19(20)24/h2-12H,13H2,1H3,(H,28,30). The van der Waals surface area contributed by atoms with Gasteiger partial charge in [-0.1, -0.05) is 41.4 Å². The van der Waals surface area contributed by atoms with Crippen LogP contribution in [0.4, 0.5) is 24.5 Å². The summed E-state index contributed by atoms with van der Waals surface area (Å²) in [7, 11) is -3.63. The Balaban J connectivity index is 1.79. The number of nitrogens with one attached hydrogen (secondary N) is 1. The van der Waals surface area contributed by atoms with Crippen molar-refractivity contribution in [3.8, 4) is 0 Å². The topological polar surface area (TPSA) is 66.5 Å². The first kappa shape index (κ1) is 24.9. The molecule has 0 aliphatic carbocycles. The molecule has 3 aromatic rings. The number of rotatable bonds is 6. The zero-order chi connectivity index (χ0) is 24.4. The second-order valence-corrected chi connectivity index (χ2v) is 9.84. The Labute approximate surface area is 198 Å². The molecule has 0 heterocycles. The number of amides is 1. The number of carbonyl (C=O) groups excluding carboxylic acids is 1. The number of hydrogen-bond acceptors (Lipinski definition) is 3. The third-order valence-corrected chi connectivity index (χ3v) is 6.29. The van der Waals surface area contributed by atoms with E-state index in [-0.39, 0.29) is 22.8 Å². The van der Waals surface area contributed by atoms with Crippen molar-refractivity contribution in [1.29, 1.82) is 0 Å². The predicted molar refractivity (Wildman–Crippen MR) is 123 cm³/mol. The van der Waals surface area contributed by atoms with Gasteiger partial charge in [-0.15, -0.1) is 0 Å². The summed E-state index contributed by atoms with van der Waals surface area (Å²) in [5, 5.41) is 2.70. The second kappa shape index (κ2) is 9.62. The summed E-state index contributed by atoms with van der Waals surface area (Å²) in [4.78, 5) is 12.5. The van der Waals surface area contributed by atoms with Gasteiger partial charge in [-0.3, -0.25) is 9.10 Å². The molecule has 174 valence electrons. The molecule has 0 aliphatic rings. The molecule has 0 aromatic heterocycles. The lowest BCUT2D eigenvalue weighted by molar-refractivity contribution is -0.137. The van der Waals surface area contributed by atoms with Crippen LogP contribution < -0.4 is 9.62 Å². The molecule has 33 heavy (non-hydrogen) atoms. The zero-order valence-corrected chi connectivity index (χ0v) is 19.4. The maximum absolute atomic E-state index is 12.9. The van der Waals surface area contributed by atoms with Gasteiger partial charge in [0, 0.05) is 10.6 Å². The fourth-order valence-corrected chi connectivity index (χ4v) is 4.18. The SMILES string of the molecule is CS(=O)(=O)N(Cc1ccc(C(=O)Nc2cc(C(F)(F)F)ccc2Cl)cc1)c1cccc(Cl)c1. The highest BCUT2D eigenvalue weighted by Crippen LogP contribution is 2.34. The normalized spacial score (nSPS) is 11.8. The molecule has 0 unspecified atom stereocenters. The average molecular weight is 517 g/mol. The number of sulfonamides is 1. The lowest BCUT2D eigenvalue weighted by Gasteiger charge is -2.22. The molecule has 5 nitrogen and oxygen atoms in total. The molecule has 0 saturated heterocycles. The summed E-state index contributed by atoms with van der Waals surface area (Å²) in [6, 6.07) is 15.0. The molecular weight excluding hydrogens is 500 g/mol. The molecule has 0 bridgehead atoms. The quantitative estimate of drug-likeness (QED) is 0.422. The lowest BCUT2D eigenvalue weighted by Crippen LogP contribution is -2.29. The average Bonchev–Trinajstić information content (AvgIpc) is 2.72. The number of alkyl halides is 3. The van der Waals surface area contributed by atoms with Crippen molar-refractivity contribution >= 4 is 50.5 Å². The van der Waals surface area contributed by atoms with Crippen molar-refractivity contribution < 1.29 is 26.4 Å². The highest BCUT2D eigenvalue weighted by molar-refractivity contribution is 7.92. The van der Waals surface area contributed by atoms with Crippen LogP contribution in [0.25, 0.3) is 0 Å². The van der Waals surface area contributed by atoms with E-state index in [0.29, 0.717) is 16.3 Å². The molecule has 0 radical (unpaired) electrons. The van der Waals surface area contributed by atoms with Crippen LogP contribution in [-0.2, 0) is 22.7 Å². The van der Waals surface area contributed by atoms with Crippen LogP contribution in [0.3, 0.4) is 0 Å². The van der Waals surface area contributed by atoms with Gasteiger partial charge in [0.05, 0.1) is 34.8 Å². The summed E-state index contributed by atoms with van der Waals surface area (Å²) in [5.41, 5.74) is -0.00912. The number of hydrogen-bond donors (Lipinski definition) is 1. The Kier molecular flexibility index (Phi) is 7.26. The first-order valence-electron chi connectivity index (χ1n) is 9.35. The van der Waals surface area contributed by atoms with Gasteiger partial charge in [-0.2, -0.15) is 13.2 Å². The van der Waals surface area contributed by atoms with Crippen molar-refractivity contribution in [2.24, 2.45) is 0 Å². The highest BCUT2D eigenvalue weighted by Gasteiger charge is 2.31. The van der Waals surface area contributed by atoms with Gasteiger partial charge in [0.1, 0.15) is 0 Å². The van der Waals surface area contributed by atoms with Crippen LogP contribution in [0.15, 0.2) is 66.7 Å². The van der Waals surface area contributed by atoms with E-state index in [1.54, 1.807) is 30.3 Å². The molecule has 1 N–H and O–H groups in total. The molecule has 3 rings (SSSR count). The molecule has 0 atom stereocenters. The molecule has 0 spiro atoms. The van der Waals surface area contributed by atoms with E-state index in [4.69, 9.17) is 23.2 Å². The molecule has 11 heteroatoms. The minimum Gasteiger partial charge on any atom is -0.321 e. The summed E-state index contributed by atoms with van der Waals surface area (Å²) < 4.78 is 64.5.